The van der Waals surface area contributed by atoms with Gasteiger partial charge in [-0.05, 0) is 30.3 Å². The lowest BCUT2D eigenvalue weighted by atomic mass is 10.2. The van der Waals surface area contributed by atoms with E-state index in [9.17, 15) is 0 Å². The van der Waals surface area contributed by atoms with E-state index in [1.807, 2.05) is 12.1 Å². The van der Waals surface area contributed by atoms with Crippen LogP contribution < -0.4 is 14.9 Å². The Hall–Kier alpha value is -1.91. The van der Waals surface area contributed by atoms with E-state index in [2.05, 4.69) is 10.5 Å². The van der Waals surface area contributed by atoms with E-state index in [4.69, 9.17) is 32.7 Å². The fourth-order valence-corrected chi connectivity index (χ4v) is 1.95. The minimum Gasteiger partial charge on any atom is -0.497 e. The molecule has 0 aliphatic carbocycles. The minimum absolute atomic E-state index is 0.472. The van der Waals surface area contributed by atoms with Crippen LogP contribution in [0.15, 0.2) is 41.5 Å². The second-order valence-electron chi connectivity index (χ2n) is 4.14. The van der Waals surface area contributed by atoms with Crippen molar-refractivity contribution < 1.29 is 9.47 Å². The number of hydrogen-bond acceptors (Lipinski definition) is 4. The number of nitrogens with one attached hydrogen (secondary N) is 1. The van der Waals surface area contributed by atoms with Crippen molar-refractivity contribution in [3.8, 4) is 11.5 Å². The van der Waals surface area contributed by atoms with Gasteiger partial charge in [0.1, 0.15) is 11.5 Å². The van der Waals surface area contributed by atoms with Crippen molar-refractivity contribution in [1.29, 1.82) is 0 Å². The predicted octanol–water partition coefficient (Wildman–Crippen LogP) is 4.46. The van der Waals surface area contributed by atoms with Gasteiger partial charge in [0.25, 0.3) is 0 Å². The Morgan fingerprint density at radius 3 is 2.19 bits per heavy atom. The summed E-state index contributed by atoms with van der Waals surface area (Å²) in [7, 11) is 3.20. The van der Waals surface area contributed by atoms with Gasteiger partial charge in [0.15, 0.2) is 0 Å². The lowest BCUT2D eigenvalue weighted by Crippen LogP contribution is -1.93. The number of halogens is 2. The number of hydrogen-bond donors (Lipinski definition) is 1. The first-order chi connectivity index (χ1) is 10.1. The standard InChI is InChI=1S/C15H14Cl2N2O2/c1-20-12-5-10(6-13(8-12)21-2)9-18-19-11-3-4-14(16)15(17)7-11/h3-9,19H,1-2H3/b18-9-. The quantitative estimate of drug-likeness (QED) is 0.652. The zero-order valence-corrected chi connectivity index (χ0v) is 13.1. The Morgan fingerprint density at radius 2 is 1.62 bits per heavy atom. The van der Waals surface area contributed by atoms with Crippen molar-refractivity contribution in [1.82, 2.24) is 0 Å². The minimum atomic E-state index is 0.472. The molecule has 0 fully saturated rings. The molecule has 0 spiro atoms. The van der Waals surface area contributed by atoms with Gasteiger partial charge in [-0.1, -0.05) is 23.2 Å². The zero-order valence-electron chi connectivity index (χ0n) is 11.6. The first-order valence-electron chi connectivity index (χ1n) is 6.09. The van der Waals surface area contributed by atoms with Crippen LogP contribution in [0, 0.1) is 0 Å². The van der Waals surface area contributed by atoms with Crippen molar-refractivity contribution in [2.75, 3.05) is 19.6 Å². The van der Waals surface area contributed by atoms with Gasteiger partial charge in [0.2, 0.25) is 0 Å². The monoisotopic (exact) mass is 324 g/mol. The van der Waals surface area contributed by atoms with Crippen LogP contribution in [0.4, 0.5) is 5.69 Å². The van der Waals surface area contributed by atoms with Crippen molar-refractivity contribution in [2.24, 2.45) is 5.10 Å². The summed E-state index contributed by atoms with van der Waals surface area (Å²) in [4.78, 5) is 0. The summed E-state index contributed by atoms with van der Waals surface area (Å²) in [6.07, 6.45) is 1.66. The lowest BCUT2D eigenvalue weighted by molar-refractivity contribution is 0.394. The second-order valence-corrected chi connectivity index (χ2v) is 4.96. The Kier molecular flexibility index (Phi) is 5.31. The van der Waals surface area contributed by atoms with E-state index in [-0.39, 0.29) is 0 Å². The molecule has 1 N–H and O–H groups in total. The van der Waals surface area contributed by atoms with E-state index in [1.165, 1.54) is 0 Å². The van der Waals surface area contributed by atoms with Gasteiger partial charge in [-0.3, -0.25) is 5.43 Å². The van der Waals surface area contributed by atoms with Crippen LogP contribution >= 0.6 is 23.2 Å². The van der Waals surface area contributed by atoms with E-state index in [1.54, 1.807) is 44.7 Å². The lowest BCUT2D eigenvalue weighted by Gasteiger charge is -2.06. The molecular weight excluding hydrogens is 311 g/mol. The first kappa shape index (κ1) is 15.5. The third kappa shape index (κ3) is 4.28. The van der Waals surface area contributed by atoms with Gasteiger partial charge in [-0.15, -0.1) is 0 Å². The zero-order chi connectivity index (χ0) is 15.2. The molecule has 21 heavy (non-hydrogen) atoms. The fourth-order valence-electron chi connectivity index (χ4n) is 1.65. The molecule has 0 saturated heterocycles. The van der Waals surface area contributed by atoms with Crippen LogP contribution in [0.2, 0.25) is 10.0 Å². The van der Waals surface area contributed by atoms with Crippen LogP contribution in [-0.4, -0.2) is 20.4 Å². The van der Waals surface area contributed by atoms with E-state index in [0.717, 1.165) is 11.3 Å². The molecule has 2 aromatic carbocycles. The summed E-state index contributed by atoms with van der Waals surface area (Å²) >= 11 is 11.8. The summed E-state index contributed by atoms with van der Waals surface area (Å²) in [5, 5.41) is 5.12. The summed E-state index contributed by atoms with van der Waals surface area (Å²) < 4.78 is 10.4. The first-order valence-corrected chi connectivity index (χ1v) is 6.85. The molecule has 0 amide bonds. The molecule has 2 rings (SSSR count). The van der Waals surface area contributed by atoms with Crippen LogP contribution in [0.25, 0.3) is 0 Å². The molecule has 0 radical (unpaired) electrons. The predicted molar refractivity (Wildman–Crippen MR) is 87.2 cm³/mol. The van der Waals surface area contributed by atoms with Crippen molar-refractivity contribution in [3.63, 3.8) is 0 Å². The Labute approximate surface area is 133 Å². The molecule has 0 atom stereocenters. The third-order valence-corrected chi connectivity index (χ3v) is 3.44. The highest BCUT2D eigenvalue weighted by Crippen LogP contribution is 2.25. The maximum Gasteiger partial charge on any atom is 0.123 e. The molecule has 0 bridgehead atoms. The fraction of sp³-hybridized carbons (Fsp3) is 0.133. The molecule has 4 nitrogen and oxygen atoms in total. The number of anilines is 1. The van der Waals surface area contributed by atoms with Gasteiger partial charge in [-0.25, -0.2) is 0 Å². The summed E-state index contributed by atoms with van der Waals surface area (Å²) in [5.41, 5.74) is 4.47. The van der Waals surface area contributed by atoms with Crippen molar-refractivity contribution in [3.05, 3.63) is 52.0 Å². The number of methoxy groups -OCH3 is 2. The maximum absolute atomic E-state index is 5.93. The molecule has 0 heterocycles. The van der Waals surface area contributed by atoms with Crippen LogP contribution in [0.5, 0.6) is 11.5 Å². The number of ether oxygens (including phenoxy) is 2. The summed E-state index contributed by atoms with van der Waals surface area (Å²) in [5.74, 6) is 1.40. The van der Waals surface area contributed by atoms with Crippen LogP contribution in [0.1, 0.15) is 5.56 Å². The molecule has 110 valence electrons. The molecule has 6 heteroatoms. The highest BCUT2D eigenvalue weighted by atomic mass is 35.5. The van der Waals surface area contributed by atoms with Gasteiger partial charge < -0.3 is 9.47 Å². The summed E-state index contributed by atoms with van der Waals surface area (Å²) in [6.45, 7) is 0. The number of benzene rings is 2. The number of nitrogens with zero attached hydrogens (tertiary/aromatic N) is 1. The van der Waals surface area contributed by atoms with Gasteiger partial charge in [0.05, 0.1) is 36.2 Å². The Balaban J connectivity index is 2.11. The normalized spacial score (nSPS) is 10.7. The molecule has 0 aromatic heterocycles. The second kappa shape index (κ2) is 7.20. The SMILES string of the molecule is COc1cc(/C=N\Nc2ccc(Cl)c(Cl)c2)cc(OC)c1. The average molecular weight is 325 g/mol. The largest absolute Gasteiger partial charge is 0.497 e. The number of hydrazone groups is 1. The van der Waals surface area contributed by atoms with Gasteiger partial charge in [-0.2, -0.15) is 5.10 Å². The molecule has 0 unspecified atom stereocenters. The topological polar surface area (TPSA) is 42.8 Å². The van der Waals surface area contributed by atoms with Crippen molar-refractivity contribution >= 4 is 35.1 Å². The van der Waals surface area contributed by atoms with Crippen LogP contribution in [0.3, 0.4) is 0 Å². The summed E-state index contributed by atoms with van der Waals surface area (Å²) in [6, 6.07) is 10.7. The Bertz CT molecular complexity index is 638. The van der Waals surface area contributed by atoms with Crippen LogP contribution in [-0.2, 0) is 0 Å². The molecule has 0 aliphatic rings. The third-order valence-electron chi connectivity index (χ3n) is 2.70. The van der Waals surface area contributed by atoms with Crippen molar-refractivity contribution in [2.45, 2.75) is 0 Å². The Morgan fingerprint density at radius 1 is 0.952 bits per heavy atom. The van der Waals surface area contributed by atoms with E-state index < -0.39 is 0 Å². The number of rotatable bonds is 5. The molecule has 0 saturated carbocycles. The highest BCUT2D eigenvalue weighted by molar-refractivity contribution is 6.42. The van der Waals surface area contributed by atoms with E-state index >= 15 is 0 Å². The van der Waals surface area contributed by atoms with E-state index in [0.29, 0.717) is 21.5 Å². The molecule has 0 aliphatic heterocycles. The maximum atomic E-state index is 5.93. The smallest absolute Gasteiger partial charge is 0.123 e. The van der Waals surface area contributed by atoms with Gasteiger partial charge in [0, 0.05) is 11.6 Å². The molecule has 2 aromatic rings. The average Bonchev–Trinajstić information content (AvgIpc) is 2.50. The molecular formula is C15H14Cl2N2O2. The van der Waals surface area contributed by atoms with Gasteiger partial charge >= 0.3 is 0 Å². The highest BCUT2D eigenvalue weighted by Gasteiger charge is 2.00.